The molecule has 0 saturated carbocycles. The fourth-order valence-electron chi connectivity index (χ4n) is 1.41. The van der Waals surface area contributed by atoms with Crippen LogP contribution in [0.4, 0.5) is 0 Å². The molecule has 14 heavy (non-hydrogen) atoms. The molecule has 2 atom stereocenters. The molecule has 0 aromatic carbocycles. The molecule has 2 heterocycles. The van der Waals surface area contributed by atoms with Gasteiger partial charge in [0.15, 0.2) is 0 Å². The molecule has 2 rings (SSSR count). The first-order valence-electron chi connectivity index (χ1n) is 4.69. The molecule has 0 spiro atoms. The first kappa shape index (κ1) is 9.43. The lowest BCUT2D eigenvalue weighted by atomic mass is 10.2. The summed E-state index contributed by atoms with van der Waals surface area (Å²) in [5, 5.41) is 0. The molecule has 1 aromatic rings. The first-order valence-corrected chi connectivity index (χ1v) is 4.69. The molecule has 2 N–H and O–H groups in total. The van der Waals surface area contributed by atoms with E-state index >= 15 is 0 Å². The topological polar surface area (TPSA) is 57.4 Å². The average molecular weight is 194 g/mol. The lowest BCUT2D eigenvalue weighted by molar-refractivity contribution is 0.136. The second kappa shape index (κ2) is 3.94. The van der Waals surface area contributed by atoms with Gasteiger partial charge >= 0.3 is 0 Å². The Kier molecular flexibility index (Phi) is 2.65. The van der Waals surface area contributed by atoms with Crippen LogP contribution < -0.4 is 10.5 Å². The second-order valence-corrected chi connectivity index (χ2v) is 3.47. The Labute approximate surface area is 83.0 Å². The third-order valence-electron chi connectivity index (χ3n) is 2.20. The van der Waals surface area contributed by atoms with Crippen molar-refractivity contribution in [1.29, 1.82) is 0 Å². The lowest BCUT2D eigenvalue weighted by Crippen LogP contribution is -2.37. The molecule has 0 amide bonds. The number of nitrogens with two attached hydrogens (primary N) is 1. The van der Waals surface area contributed by atoms with Gasteiger partial charge in [-0.1, -0.05) is 6.07 Å². The van der Waals surface area contributed by atoms with Crippen molar-refractivity contribution in [2.45, 2.75) is 19.1 Å². The minimum Gasteiger partial charge on any atom is -0.470 e. The van der Waals surface area contributed by atoms with E-state index in [1.54, 1.807) is 0 Å². The highest BCUT2D eigenvalue weighted by Gasteiger charge is 2.26. The molecule has 1 aromatic heterocycles. The van der Waals surface area contributed by atoms with Crippen LogP contribution in [0.3, 0.4) is 0 Å². The smallest absolute Gasteiger partial charge is 0.213 e. The molecule has 1 fully saturated rings. The predicted octanol–water partition coefficient (Wildman–Crippen LogP) is 0.495. The minimum atomic E-state index is -0.0655. The van der Waals surface area contributed by atoms with Gasteiger partial charge in [0.1, 0.15) is 6.10 Å². The van der Waals surface area contributed by atoms with Crippen LogP contribution in [0.15, 0.2) is 18.2 Å². The van der Waals surface area contributed by atoms with Gasteiger partial charge in [0.25, 0.3) is 0 Å². The van der Waals surface area contributed by atoms with E-state index in [0.717, 1.165) is 5.69 Å². The number of nitrogens with zero attached hydrogens (tertiary/aromatic N) is 1. The van der Waals surface area contributed by atoms with Crippen molar-refractivity contribution in [3.8, 4) is 5.88 Å². The summed E-state index contributed by atoms with van der Waals surface area (Å²) < 4.78 is 10.8. The Morgan fingerprint density at radius 3 is 3.00 bits per heavy atom. The summed E-state index contributed by atoms with van der Waals surface area (Å²) in [7, 11) is 0. The van der Waals surface area contributed by atoms with Gasteiger partial charge in [0.2, 0.25) is 5.88 Å². The zero-order chi connectivity index (χ0) is 9.97. The van der Waals surface area contributed by atoms with E-state index in [1.807, 2.05) is 25.1 Å². The van der Waals surface area contributed by atoms with Crippen LogP contribution in [0.2, 0.25) is 0 Å². The van der Waals surface area contributed by atoms with Gasteiger partial charge in [0, 0.05) is 11.8 Å². The standard InChI is InChI=1S/C10H14N2O2/c1-7-3-2-4-10(12-7)14-9-6-13-5-8(9)11/h2-4,8-9H,5-6,11H2,1H3. The van der Waals surface area contributed by atoms with Gasteiger partial charge < -0.3 is 15.2 Å². The van der Waals surface area contributed by atoms with E-state index in [-0.39, 0.29) is 12.1 Å². The molecule has 1 aliphatic rings. The summed E-state index contributed by atoms with van der Waals surface area (Å²) in [6.45, 7) is 3.05. The van der Waals surface area contributed by atoms with Crippen LogP contribution in [0.1, 0.15) is 5.69 Å². The van der Waals surface area contributed by atoms with E-state index in [2.05, 4.69) is 4.98 Å². The fourth-order valence-corrected chi connectivity index (χ4v) is 1.41. The number of rotatable bonds is 2. The SMILES string of the molecule is Cc1cccc(OC2COCC2N)n1. The monoisotopic (exact) mass is 194 g/mol. The van der Waals surface area contributed by atoms with Gasteiger partial charge in [-0.05, 0) is 13.0 Å². The van der Waals surface area contributed by atoms with Gasteiger partial charge in [-0.15, -0.1) is 0 Å². The van der Waals surface area contributed by atoms with Crippen molar-refractivity contribution < 1.29 is 9.47 Å². The molecule has 76 valence electrons. The van der Waals surface area contributed by atoms with E-state index in [4.69, 9.17) is 15.2 Å². The lowest BCUT2D eigenvalue weighted by Gasteiger charge is -2.15. The minimum absolute atomic E-state index is 0.0442. The number of aryl methyl sites for hydroxylation is 1. The molecule has 0 aliphatic carbocycles. The number of hydrogen-bond donors (Lipinski definition) is 1. The zero-order valence-corrected chi connectivity index (χ0v) is 8.14. The van der Waals surface area contributed by atoms with Gasteiger partial charge in [-0.25, -0.2) is 4.98 Å². The van der Waals surface area contributed by atoms with Crippen LogP contribution in [-0.2, 0) is 4.74 Å². The van der Waals surface area contributed by atoms with Gasteiger partial charge in [-0.2, -0.15) is 0 Å². The summed E-state index contributed by atoms with van der Waals surface area (Å²) in [6.07, 6.45) is -0.0655. The molecular weight excluding hydrogens is 180 g/mol. The number of ether oxygens (including phenoxy) is 2. The molecule has 4 heteroatoms. The highest BCUT2D eigenvalue weighted by atomic mass is 16.6. The number of pyridine rings is 1. The summed E-state index contributed by atoms with van der Waals surface area (Å²) in [5.41, 5.74) is 6.73. The van der Waals surface area contributed by atoms with E-state index in [9.17, 15) is 0 Å². The van der Waals surface area contributed by atoms with Crippen LogP contribution in [0.25, 0.3) is 0 Å². The predicted molar refractivity (Wildman–Crippen MR) is 52.2 cm³/mol. The normalized spacial score (nSPS) is 26.4. The van der Waals surface area contributed by atoms with Gasteiger partial charge in [0.05, 0.1) is 19.3 Å². The largest absolute Gasteiger partial charge is 0.470 e. The number of aromatic nitrogens is 1. The Morgan fingerprint density at radius 2 is 2.36 bits per heavy atom. The van der Waals surface area contributed by atoms with E-state index < -0.39 is 0 Å². The third kappa shape index (κ3) is 2.02. The Morgan fingerprint density at radius 1 is 1.50 bits per heavy atom. The summed E-state index contributed by atoms with van der Waals surface area (Å²) in [6, 6.07) is 5.63. The van der Waals surface area contributed by atoms with Crippen molar-refractivity contribution >= 4 is 0 Å². The van der Waals surface area contributed by atoms with Crippen molar-refractivity contribution in [2.75, 3.05) is 13.2 Å². The highest BCUT2D eigenvalue weighted by Crippen LogP contribution is 2.13. The van der Waals surface area contributed by atoms with Crippen molar-refractivity contribution in [3.63, 3.8) is 0 Å². The Bertz CT molecular complexity index is 317. The quantitative estimate of drug-likeness (QED) is 0.744. The number of hydrogen-bond acceptors (Lipinski definition) is 4. The molecule has 0 radical (unpaired) electrons. The van der Waals surface area contributed by atoms with E-state index in [0.29, 0.717) is 19.1 Å². The molecule has 1 aliphatic heterocycles. The summed E-state index contributed by atoms with van der Waals surface area (Å²) in [4.78, 5) is 4.24. The Hall–Kier alpha value is -1.13. The average Bonchev–Trinajstić information content (AvgIpc) is 2.52. The molecule has 4 nitrogen and oxygen atoms in total. The Balaban J connectivity index is 2.03. The maximum absolute atomic E-state index is 5.79. The summed E-state index contributed by atoms with van der Waals surface area (Å²) >= 11 is 0. The van der Waals surface area contributed by atoms with Crippen molar-refractivity contribution in [1.82, 2.24) is 4.98 Å². The van der Waals surface area contributed by atoms with Crippen LogP contribution >= 0.6 is 0 Å². The second-order valence-electron chi connectivity index (χ2n) is 3.47. The van der Waals surface area contributed by atoms with E-state index in [1.165, 1.54) is 0 Å². The molecule has 2 unspecified atom stereocenters. The zero-order valence-electron chi connectivity index (χ0n) is 8.14. The highest BCUT2D eigenvalue weighted by molar-refractivity contribution is 5.15. The van der Waals surface area contributed by atoms with Crippen LogP contribution in [-0.4, -0.2) is 30.3 Å². The van der Waals surface area contributed by atoms with Crippen molar-refractivity contribution in [3.05, 3.63) is 23.9 Å². The fraction of sp³-hybridized carbons (Fsp3) is 0.500. The summed E-state index contributed by atoms with van der Waals surface area (Å²) in [5.74, 6) is 0.621. The molecule has 1 saturated heterocycles. The maximum atomic E-state index is 5.79. The van der Waals surface area contributed by atoms with Crippen molar-refractivity contribution in [2.24, 2.45) is 5.73 Å². The molecular formula is C10H14N2O2. The molecule has 0 bridgehead atoms. The van der Waals surface area contributed by atoms with Gasteiger partial charge in [-0.3, -0.25) is 0 Å². The van der Waals surface area contributed by atoms with Crippen LogP contribution in [0, 0.1) is 6.92 Å². The third-order valence-corrected chi connectivity index (χ3v) is 2.20. The first-order chi connectivity index (χ1) is 6.75. The van der Waals surface area contributed by atoms with Crippen LogP contribution in [0.5, 0.6) is 5.88 Å². The maximum Gasteiger partial charge on any atom is 0.213 e.